The fourth-order valence-electron chi connectivity index (χ4n) is 3.37. The van der Waals surface area contributed by atoms with Crippen molar-refractivity contribution in [1.29, 1.82) is 0 Å². The van der Waals surface area contributed by atoms with Crippen LogP contribution < -0.4 is 9.44 Å². The molecule has 2 N–H and O–H groups in total. The number of hydrogen-bond acceptors (Lipinski definition) is 4. The van der Waals surface area contributed by atoms with E-state index in [2.05, 4.69) is 9.44 Å². The summed E-state index contributed by atoms with van der Waals surface area (Å²) in [7, 11) is -7.69. The van der Waals surface area contributed by atoms with Crippen molar-refractivity contribution in [2.45, 2.75) is 37.5 Å². The standard InChI is InChI=1S/C22H23ClN2O4S2/c1-14-11-16(3)22(17(4)12-14)31(28,29)24-18-7-9-20(10-8-18)30(26,27)25-19-6-5-15(2)21(23)13-19/h5-13,24-25H,1-4H3. The lowest BCUT2D eigenvalue weighted by molar-refractivity contribution is 0.599. The molecule has 3 rings (SSSR count). The highest BCUT2D eigenvalue weighted by Gasteiger charge is 2.21. The zero-order valence-electron chi connectivity index (χ0n) is 17.5. The van der Waals surface area contributed by atoms with E-state index in [1.54, 1.807) is 38.1 Å². The summed E-state index contributed by atoms with van der Waals surface area (Å²) in [6.45, 7) is 7.21. The van der Waals surface area contributed by atoms with Gasteiger partial charge in [0.25, 0.3) is 20.0 Å². The molecule has 164 valence electrons. The summed E-state index contributed by atoms with van der Waals surface area (Å²) in [5, 5.41) is 0.451. The van der Waals surface area contributed by atoms with Gasteiger partial charge in [0.2, 0.25) is 0 Å². The Morgan fingerprint density at radius 2 is 1.16 bits per heavy atom. The summed E-state index contributed by atoms with van der Waals surface area (Å²) in [4.78, 5) is 0.211. The highest BCUT2D eigenvalue weighted by atomic mass is 35.5. The van der Waals surface area contributed by atoms with E-state index in [1.807, 2.05) is 13.8 Å². The molecule has 6 nitrogen and oxygen atoms in total. The summed E-state index contributed by atoms with van der Waals surface area (Å²) in [5.41, 5.74) is 3.70. The highest BCUT2D eigenvalue weighted by molar-refractivity contribution is 7.93. The maximum absolute atomic E-state index is 12.9. The molecule has 0 saturated heterocycles. The lowest BCUT2D eigenvalue weighted by atomic mass is 10.1. The van der Waals surface area contributed by atoms with E-state index in [0.717, 1.165) is 11.1 Å². The molecule has 0 spiro atoms. The van der Waals surface area contributed by atoms with E-state index in [0.29, 0.717) is 21.8 Å². The quantitative estimate of drug-likeness (QED) is 0.510. The first kappa shape index (κ1) is 23.1. The average molecular weight is 479 g/mol. The van der Waals surface area contributed by atoms with Crippen LogP contribution in [0.2, 0.25) is 5.02 Å². The molecule has 0 atom stereocenters. The number of nitrogens with one attached hydrogen (secondary N) is 2. The molecule has 31 heavy (non-hydrogen) atoms. The fourth-order valence-corrected chi connectivity index (χ4v) is 6.11. The molecule has 0 fully saturated rings. The Bertz CT molecular complexity index is 1330. The molecule has 3 aromatic carbocycles. The van der Waals surface area contributed by atoms with Gasteiger partial charge < -0.3 is 0 Å². The van der Waals surface area contributed by atoms with Crippen molar-refractivity contribution in [3.05, 3.63) is 81.9 Å². The van der Waals surface area contributed by atoms with Crippen molar-refractivity contribution in [3.63, 3.8) is 0 Å². The van der Waals surface area contributed by atoms with Crippen LogP contribution in [0.25, 0.3) is 0 Å². The van der Waals surface area contributed by atoms with Crippen molar-refractivity contribution >= 4 is 43.0 Å². The molecule has 9 heteroatoms. The van der Waals surface area contributed by atoms with E-state index in [1.165, 1.54) is 30.3 Å². The zero-order chi connectivity index (χ0) is 23.0. The second-order valence-electron chi connectivity index (χ2n) is 7.43. The van der Waals surface area contributed by atoms with Crippen LogP contribution in [-0.2, 0) is 20.0 Å². The maximum atomic E-state index is 12.9. The Balaban J connectivity index is 1.83. The predicted molar refractivity (Wildman–Crippen MR) is 125 cm³/mol. The fraction of sp³-hybridized carbons (Fsp3) is 0.182. The molecule has 0 aromatic heterocycles. The van der Waals surface area contributed by atoms with Gasteiger partial charge in [0.05, 0.1) is 15.5 Å². The van der Waals surface area contributed by atoms with Crippen LogP contribution in [0, 0.1) is 27.7 Å². The van der Waals surface area contributed by atoms with Crippen LogP contribution >= 0.6 is 11.6 Å². The first-order valence-corrected chi connectivity index (χ1v) is 12.7. The second-order valence-corrected chi connectivity index (χ2v) is 11.1. The van der Waals surface area contributed by atoms with E-state index >= 15 is 0 Å². The van der Waals surface area contributed by atoms with Gasteiger partial charge in [-0.2, -0.15) is 0 Å². The minimum atomic E-state index is -3.86. The second kappa shape index (κ2) is 8.53. The van der Waals surface area contributed by atoms with Gasteiger partial charge in [-0.05, 0) is 80.8 Å². The third kappa shape index (κ3) is 5.20. The molecule has 0 saturated carbocycles. The van der Waals surface area contributed by atoms with Gasteiger partial charge in [-0.3, -0.25) is 9.44 Å². The summed E-state index contributed by atoms with van der Waals surface area (Å²) in [6.07, 6.45) is 0. The summed E-state index contributed by atoms with van der Waals surface area (Å²) in [5.74, 6) is 0. The Hall–Kier alpha value is -2.55. The predicted octanol–water partition coefficient (Wildman–Crippen LogP) is 5.18. The molecule has 0 aliphatic carbocycles. The van der Waals surface area contributed by atoms with Crippen molar-refractivity contribution in [2.75, 3.05) is 9.44 Å². The smallest absolute Gasteiger partial charge is 0.262 e. The molecule has 3 aromatic rings. The van der Waals surface area contributed by atoms with Gasteiger partial charge >= 0.3 is 0 Å². The van der Waals surface area contributed by atoms with Crippen LogP contribution in [0.15, 0.2) is 64.4 Å². The van der Waals surface area contributed by atoms with E-state index in [4.69, 9.17) is 11.6 Å². The van der Waals surface area contributed by atoms with Crippen molar-refractivity contribution in [3.8, 4) is 0 Å². The van der Waals surface area contributed by atoms with Crippen LogP contribution in [-0.4, -0.2) is 16.8 Å². The minimum absolute atomic E-state index is 0.00478. The first-order valence-electron chi connectivity index (χ1n) is 9.39. The summed E-state index contributed by atoms with van der Waals surface area (Å²) >= 11 is 6.05. The lowest BCUT2D eigenvalue weighted by Crippen LogP contribution is -2.16. The van der Waals surface area contributed by atoms with Crippen LogP contribution in [0.5, 0.6) is 0 Å². The number of anilines is 2. The monoisotopic (exact) mass is 478 g/mol. The molecule has 0 bridgehead atoms. The molecular weight excluding hydrogens is 456 g/mol. The first-order chi connectivity index (χ1) is 14.4. The van der Waals surface area contributed by atoms with E-state index in [9.17, 15) is 16.8 Å². The van der Waals surface area contributed by atoms with Gasteiger partial charge in [-0.15, -0.1) is 0 Å². The summed E-state index contributed by atoms with van der Waals surface area (Å²) < 4.78 is 56.0. The zero-order valence-corrected chi connectivity index (χ0v) is 19.9. The Morgan fingerprint density at radius 1 is 0.645 bits per heavy atom. The SMILES string of the molecule is Cc1cc(C)c(S(=O)(=O)Nc2ccc(S(=O)(=O)Nc3ccc(C)c(Cl)c3)cc2)c(C)c1. The number of hydrogen-bond donors (Lipinski definition) is 2. The molecule has 0 aliphatic heterocycles. The number of halogens is 1. The Labute approximate surface area is 188 Å². The summed E-state index contributed by atoms with van der Waals surface area (Å²) in [6, 6.07) is 14.0. The molecular formula is C22H23ClN2O4S2. The minimum Gasteiger partial charge on any atom is -0.280 e. The van der Waals surface area contributed by atoms with E-state index < -0.39 is 20.0 Å². The van der Waals surface area contributed by atoms with Gasteiger partial charge in [-0.25, -0.2) is 16.8 Å². The average Bonchev–Trinajstić information content (AvgIpc) is 2.63. The van der Waals surface area contributed by atoms with Crippen molar-refractivity contribution in [2.24, 2.45) is 0 Å². The third-order valence-electron chi connectivity index (χ3n) is 4.71. The van der Waals surface area contributed by atoms with Gasteiger partial charge in [0.15, 0.2) is 0 Å². The largest absolute Gasteiger partial charge is 0.280 e. The van der Waals surface area contributed by atoms with Gasteiger partial charge in [0, 0.05) is 10.7 Å². The van der Waals surface area contributed by atoms with Gasteiger partial charge in [-0.1, -0.05) is 35.4 Å². The molecule has 0 unspecified atom stereocenters. The van der Waals surface area contributed by atoms with E-state index in [-0.39, 0.29) is 15.5 Å². The number of sulfonamides is 2. The Morgan fingerprint density at radius 3 is 1.71 bits per heavy atom. The highest BCUT2D eigenvalue weighted by Crippen LogP contribution is 2.26. The molecule has 0 aliphatic rings. The molecule has 0 heterocycles. The van der Waals surface area contributed by atoms with Crippen LogP contribution in [0.3, 0.4) is 0 Å². The normalized spacial score (nSPS) is 11.9. The Kier molecular flexibility index (Phi) is 6.36. The van der Waals surface area contributed by atoms with Crippen molar-refractivity contribution < 1.29 is 16.8 Å². The van der Waals surface area contributed by atoms with Crippen LogP contribution in [0.1, 0.15) is 22.3 Å². The van der Waals surface area contributed by atoms with Crippen LogP contribution in [0.4, 0.5) is 11.4 Å². The third-order valence-corrected chi connectivity index (χ3v) is 8.20. The molecule has 0 radical (unpaired) electrons. The molecule has 0 amide bonds. The van der Waals surface area contributed by atoms with Crippen molar-refractivity contribution in [1.82, 2.24) is 0 Å². The topological polar surface area (TPSA) is 92.3 Å². The number of rotatable bonds is 6. The van der Waals surface area contributed by atoms with Gasteiger partial charge in [0.1, 0.15) is 0 Å². The number of benzene rings is 3. The number of aryl methyl sites for hydroxylation is 4. The lowest BCUT2D eigenvalue weighted by Gasteiger charge is -2.14. The maximum Gasteiger partial charge on any atom is 0.262 e.